The first kappa shape index (κ1) is 23.0. The normalized spacial score (nSPS) is 17.5. The van der Waals surface area contributed by atoms with E-state index in [1.54, 1.807) is 20.0 Å². The van der Waals surface area contributed by atoms with Crippen molar-refractivity contribution in [2.75, 3.05) is 37.9 Å². The van der Waals surface area contributed by atoms with Gasteiger partial charge in [0.25, 0.3) is 0 Å². The number of sulfone groups is 1. The van der Waals surface area contributed by atoms with Crippen LogP contribution in [0.25, 0.3) is 0 Å². The van der Waals surface area contributed by atoms with Crippen LogP contribution in [0.4, 0.5) is 5.82 Å². The molecule has 9 heteroatoms. The summed E-state index contributed by atoms with van der Waals surface area (Å²) in [6.45, 7) is 7.45. The minimum Gasteiger partial charge on any atom is -0.375 e. The van der Waals surface area contributed by atoms with Crippen LogP contribution in [0.5, 0.6) is 0 Å². The molecule has 168 valence electrons. The molecule has 1 saturated heterocycles. The molecule has 1 fully saturated rings. The number of aromatic nitrogens is 1. The Hall–Kier alpha value is -2.65. The molecule has 2 N–H and O–H groups in total. The van der Waals surface area contributed by atoms with E-state index in [4.69, 9.17) is 4.74 Å². The summed E-state index contributed by atoms with van der Waals surface area (Å²) >= 11 is 0. The van der Waals surface area contributed by atoms with Gasteiger partial charge in [0.1, 0.15) is 5.82 Å². The number of aliphatic imine (C=N–C) groups is 1. The second-order valence-corrected chi connectivity index (χ2v) is 9.79. The summed E-state index contributed by atoms with van der Waals surface area (Å²) in [6.07, 6.45) is 3.32. The Morgan fingerprint density at radius 2 is 1.94 bits per heavy atom. The second-order valence-electron chi connectivity index (χ2n) is 7.80. The lowest BCUT2D eigenvalue weighted by Crippen LogP contribution is -2.41. The molecule has 0 amide bonds. The highest BCUT2D eigenvalue weighted by Gasteiger charge is 2.17. The molecule has 31 heavy (non-hydrogen) atoms. The summed E-state index contributed by atoms with van der Waals surface area (Å²) in [5.74, 6) is 1.63. The number of ether oxygens (including phenoxy) is 1. The fourth-order valence-corrected chi connectivity index (χ4v) is 4.52. The maximum Gasteiger partial charge on any atom is 0.191 e. The predicted octanol–water partition coefficient (Wildman–Crippen LogP) is 1.88. The molecule has 1 unspecified atom stereocenters. The van der Waals surface area contributed by atoms with Gasteiger partial charge in [0.05, 0.1) is 17.6 Å². The average Bonchev–Trinajstić information content (AvgIpc) is 2.73. The lowest BCUT2D eigenvalue weighted by Gasteiger charge is -2.32. The molecular formula is C22H31N5O3S. The Morgan fingerprint density at radius 3 is 2.52 bits per heavy atom. The third-order valence-electron chi connectivity index (χ3n) is 5.16. The minimum atomic E-state index is -3.21. The van der Waals surface area contributed by atoms with Crippen LogP contribution < -0.4 is 15.5 Å². The third-order valence-corrected chi connectivity index (χ3v) is 6.41. The molecule has 0 spiro atoms. The number of pyridine rings is 1. The van der Waals surface area contributed by atoms with E-state index in [0.717, 1.165) is 42.2 Å². The van der Waals surface area contributed by atoms with Gasteiger partial charge in [-0.1, -0.05) is 18.2 Å². The molecule has 1 aromatic carbocycles. The van der Waals surface area contributed by atoms with E-state index in [9.17, 15) is 8.42 Å². The summed E-state index contributed by atoms with van der Waals surface area (Å²) in [4.78, 5) is 11.4. The molecule has 2 heterocycles. The molecule has 1 aromatic heterocycles. The number of hydrogen-bond donors (Lipinski definition) is 2. The van der Waals surface area contributed by atoms with Gasteiger partial charge in [0, 0.05) is 45.7 Å². The molecule has 0 aliphatic carbocycles. The van der Waals surface area contributed by atoms with E-state index in [-0.39, 0.29) is 6.10 Å². The molecule has 0 saturated carbocycles. The van der Waals surface area contributed by atoms with Crippen molar-refractivity contribution >= 4 is 21.6 Å². The fraction of sp³-hybridized carbons (Fsp3) is 0.455. The SMILES string of the molecule is CN=C(NCc1ccc(N2CCOC(C)C2)nc1)NCc1ccc(S(C)(=O)=O)c(C)c1. The van der Waals surface area contributed by atoms with E-state index in [2.05, 4.69) is 38.5 Å². The fourth-order valence-electron chi connectivity index (χ4n) is 3.56. The number of hydrogen-bond acceptors (Lipinski definition) is 6. The Bertz CT molecular complexity index is 1020. The molecule has 1 atom stereocenters. The van der Waals surface area contributed by atoms with Gasteiger partial charge in [-0.05, 0) is 42.7 Å². The molecule has 0 radical (unpaired) electrons. The maximum atomic E-state index is 11.8. The van der Waals surface area contributed by atoms with E-state index in [1.807, 2.05) is 24.4 Å². The van der Waals surface area contributed by atoms with Crippen molar-refractivity contribution < 1.29 is 13.2 Å². The van der Waals surface area contributed by atoms with Crippen molar-refractivity contribution in [2.45, 2.75) is 37.9 Å². The summed E-state index contributed by atoms with van der Waals surface area (Å²) in [6, 6.07) is 9.46. The number of morpholine rings is 1. The van der Waals surface area contributed by atoms with Gasteiger partial charge < -0.3 is 20.3 Å². The zero-order valence-electron chi connectivity index (χ0n) is 18.6. The Kier molecular flexibility index (Phi) is 7.50. The second kappa shape index (κ2) is 10.1. The Morgan fingerprint density at radius 1 is 1.23 bits per heavy atom. The topological polar surface area (TPSA) is 95.9 Å². The highest BCUT2D eigenvalue weighted by Crippen LogP contribution is 2.17. The van der Waals surface area contributed by atoms with Gasteiger partial charge >= 0.3 is 0 Å². The lowest BCUT2D eigenvalue weighted by molar-refractivity contribution is 0.0529. The van der Waals surface area contributed by atoms with Gasteiger partial charge in [-0.25, -0.2) is 13.4 Å². The van der Waals surface area contributed by atoms with Gasteiger partial charge in [-0.3, -0.25) is 4.99 Å². The van der Waals surface area contributed by atoms with Crippen LogP contribution in [0, 0.1) is 6.92 Å². The Balaban J connectivity index is 1.52. The number of aryl methyl sites for hydroxylation is 1. The number of rotatable bonds is 6. The molecule has 3 rings (SSSR count). The van der Waals surface area contributed by atoms with Crippen LogP contribution in [-0.2, 0) is 27.7 Å². The minimum absolute atomic E-state index is 0.220. The van der Waals surface area contributed by atoms with Crippen LogP contribution in [0.1, 0.15) is 23.6 Å². The Labute approximate surface area is 184 Å². The highest BCUT2D eigenvalue weighted by atomic mass is 32.2. The van der Waals surface area contributed by atoms with E-state index in [0.29, 0.717) is 23.9 Å². The van der Waals surface area contributed by atoms with Crippen molar-refractivity contribution in [2.24, 2.45) is 4.99 Å². The van der Waals surface area contributed by atoms with E-state index in [1.165, 1.54) is 6.26 Å². The van der Waals surface area contributed by atoms with Gasteiger partial charge in [0.2, 0.25) is 0 Å². The third kappa shape index (κ3) is 6.41. The van der Waals surface area contributed by atoms with Crippen LogP contribution in [0.3, 0.4) is 0 Å². The van der Waals surface area contributed by atoms with E-state index < -0.39 is 9.84 Å². The van der Waals surface area contributed by atoms with Gasteiger partial charge in [-0.15, -0.1) is 0 Å². The number of benzene rings is 1. The number of nitrogens with zero attached hydrogens (tertiary/aromatic N) is 3. The molecule has 1 aliphatic rings. The van der Waals surface area contributed by atoms with Crippen molar-refractivity contribution in [1.29, 1.82) is 0 Å². The summed E-state index contributed by atoms with van der Waals surface area (Å²) in [5.41, 5.74) is 2.78. The standard InChI is InChI=1S/C22H31N5O3S/c1-16-11-18(5-7-20(16)31(4,28)29)12-25-22(23-3)26-14-19-6-8-21(24-13-19)27-9-10-30-17(2)15-27/h5-8,11,13,17H,9-10,12,14-15H2,1-4H3,(H2,23,25,26). The van der Waals surface area contributed by atoms with Crippen molar-refractivity contribution in [3.05, 3.63) is 53.2 Å². The first-order valence-electron chi connectivity index (χ1n) is 10.3. The maximum absolute atomic E-state index is 11.8. The highest BCUT2D eigenvalue weighted by molar-refractivity contribution is 7.90. The van der Waals surface area contributed by atoms with Crippen LogP contribution in [0.2, 0.25) is 0 Å². The number of anilines is 1. The van der Waals surface area contributed by atoms with Crippen LogP contribution >= 0.6 is 0 Å². The number of guanidine groups is 1. The van der Waals surface area contributed by atoms with Crippen molar-refractivity contribution in [1.82, 2.24) is 15.6 Å². The predicted molar refractivity (Wildman–Crippen MR) is 123 cm³/mol. The van der Waals surface area contributed by atoms with E-state index >= 15 is 0 Å². The largest absolute Gasteiger partial charge is 0.375 e. The van der Waals surface area contributed by atoms with Crippen LogP contribution in [-0.4, -0.2) is 58.5 Å². The molecule has 2 aromatic rings. The average molecular weight is 446 g/mol. The molecule has 8 nitrogen and oxygen atoms in total. The summed E-state index contributed by atoms with van der Waals surface area (Å²) in [5, 5.41) is 6.54. The molecule has 0 bridgehead atoms. The van der Waals surface area contributed by atoms with Crippen LogP contribution in [0.15, 0.2) is 46.4 Å². The zero-order valence-corrected chi connectivity index (χ0v) is 19.4. The molecule has 1 aliphatic heterocycles. The molecular weight excluding hydrogens is 414 g/mol. The lowest BCUT2D eigenvalue weighted by atomic mass is 10.1. The van der Waals surface area contributed by atoms with Crippen molar-refractivity contribution in [3.8, 4) is 0 Å². The van der Waals surface area contributed by atoms with Gasteiger partial charge in [0.15, 0.2) is 15.8 Å². The quantitative estimate of drug-likeness (QED) is 0.518. The summed E-state index contributed by atoms with van der Waals surface area (Å²) in [7, 11) is -1.49. The number of nitrogens with one attached hydrogen (secondary N) is 2. The monoisotopic (exact) mass is 445 g/mol. The smallest absolute Gasteiger partial charge is 0.191 e. The zero-order chi connectivity index (χ0) is 22.4. The first-order valence-corrected chi connectivity index (χ1v) is 12.2. The first-order chi connectivity index (χ1) is 14.8. The van der Waals surface area contributed by atoms with Gasteiger partial charge in [-0.2, -0.15) is 0 Å². The van der Waals surface area contributed by atoms with Crippen molar-refractivity contribution in [3.63, 3.8) is 0 Å². The summed E-state index contributed by atoms with van der Waals surface area (Å²) < 4.78 is 29.1.